The molecule has 1 N–H and O–H groups in total. The van der Waals surface area contributed by atoms with Gasteiger partial charge in [0, 0.05) is 23.2 Å². The maximum absolute atomic E-state index is 12.3. The zero-order chi connectivity index (χ0) is 18.5. The van der Waals surface area contributed by atoms with Crippen LogP contribution in [-0.2, 0) is 11.3 Å². The summed E-state index contributed by atoms with van der Waals surface area (Å²) in [6.07, 6.45) is 6.24. The zero-order valence-corrected chi connectivity index (χ0v) is 16.9. The summed E-state index contributed by atoms with van der Waals surface area (Å²) < 4.78 is 2.16. The SMILES string of the molecule is CCn1c(SCC(=O)Nc2ccc(C)c(Cl)c2)nnc1C1CCCCC1. The van der Waals surface area contributed by atoms with E-state index in [1.54, 1.807) is 6.07 Å². The minimum atomic E-state index is -0.0696. The van der Waals surface area contributed by atoms with Crippen LogP contribution in [0, 0.1) is 6.92 Å². The molecule has 0 atom stereocenters. The number of benzene rings is 1. The number of hydrogen-bond donors (Lipinski definition) is 1. The average molecular weight is 393 g/mol. The van der Waals surface area contributed by atoms with E-state index in [4.69, 9.17) is 11.6 Å². The van der Waals surface area contributed by atoms with E-state index in [9.17, 15) is 4.79 Å². The van der Waals surface area contributed by atoms with E-state index in [0.29, 0.717) is 22.4 Å². The van der Waals surface area contributed by atoms with Crippen LogP contribution in [0.4, 0.5) is 5.69 Å². The van der Waals surface area contributed by atoms with Gasteiger partial charge in [-0.05, 0) is 44.4 Å². The number of nitrogens with one attached hydrogen (secondary N) is 1. The van der Waals surface area contributed by atoms with E-state index in [1.807, 2.05) is 19.1 Å². The third-order valence-electron chi connectivity index (χ3n) is 4.82. The molecular weight excluding hydrogens is 368 g/mol. The highest BCUT2D eigenvalue weighted by Crippen LogP contribution is 2.33. The zero-order valence-electron chi connectivity index (χ0n) is 15.3. The molecule has 1 aromatic carbocycles. The summed E-state index contributed by atoms with van der Waals surface area (Å²) in [5.41, 5.74) is 1.70. The summed E-state index contributed by atoms with van der Waals surface area (Å²) in [6, 6.07) is 5.53. The van der Waals surface area contributed by atoms with E-state index < -0.39 is 0 Å². The van der Waals surface area contributed by atoms with Gasteiger partial charge in [0.05, 0.1) is 5.75 Å². The fourth-order valence-corrected chi connectivity index (χ4v) is 4.35. The molecule has 0 unspecified atom stereocenters. The number of carbonyl (C=O) groups is 1. The van der Waals surface area contributed by atoms with Crippen LogP contribution < -0.4 is 5.32 Å². The van der Waals surface area contributed by atoms with E-state index in [1.165, 1.54) is 43.9 Å². The lowest BCUT2D eigenvalue weighted by Gasteiger charge is -2.21. The number of hydrogen-bond acceptors (Lipinski definition) is 4. The van der Waals surface area contributed by atoms with Crippen LogP contribution in [0.3, 0.4) is 0 Å². The standard InChI is InChI=1S/C19H25ClN4OS/c1-3-24-18(14-7-5-4-6-8-14)22-23-19(24)26-12-17(25)21-15-10-9-13(2)16(20)11-15/h9-11,14H,3-8,12H2,1-2H3,(H,21,25). The Hall–Kier alpha value is -1.53. The Morgan fingerprint density at radius 2 is 2.08 bits per heavy atom. The van der Waals surface area contributed by atoms with Gasteiger partial charge in [-0.3, -0.25) is 4.79 Å². The Morgan fingerprint density at radius 3 is 2.77 bits per heavy atom. The highest BCUT2D eigenvalue weighted by Gasteiger charge is 2.23. The van der Waals surface area contributed by atoms with Crippen LogP contribution in [0.2, 0.25) is 5.02 Å². The van der Waals surface area contributed by atoms with Crippen molar-refractivity contribution in [2.24, 2.45) is 0 Å². The second kappa shape index (κ2) is 8.91. The highest BCUT2D eigenvalue weighted by molar-refractivity contribution is 7.99. The Morgan fingerprint density at radius 1 is 1.31 bits per heavy atom. The first-order valence-electron chi connectivity index (χ1n) is 9.20. The predicted molar refractivity (Wildman–Crippen MR) is 107 cm³/mol. The molecule has 1 fully saturated rings. The summed E-state index contributed by atoms with van der Waals surface area (Å²) in [5, 5.41) is 13.1. The molecule has 140 valence electrons. The lowest BCUT2D eigenvalue weighted by atomic mass is 9.89. The summed E-state index contributed by atoms with van der Waals surface area (Å²) in [6.45, 7) is 4.87. The topological polar surface area (TPSA) is 59.8 Å². The highest BCUT2D eigenvalue weighted by atomic mass is 35.5. The first-order chi connectivity index (χ1) is 12.6. The van der Waals surface area contributed by atoms with Gasteiger partial charge in [-0.1, -0.05) is 48.7 Å². The second-order valence-electron chi connectivity index (χ2n) is 6.72. The third kappa shape index (κ3) is 4.60. The number of nitrogens with zero attached hydrogens (tertiary/aromatic N) is 3. The fraction of sp³-hybridized carbons (Fsp3) is 0.526. The van der Waals surface area contributed by atoms with Gasteiger partial charge in [0.1, 0.15) is 5.82 Å². The molecule has 0 aliphatic heterocycles. The van der Waals surface area contributed by atoms with Crippen molar-refractivity contribution in [2.75, 3.05) is 11.1 Å². The first-order valence-corrected chi connectivity index (χ1v) is 10.6. The first kappa shape index (κ1) is 19.2. The predicted octanol–water partition coefficient (Wildman–Crippen LogP) is 5.04. The van der Waals surface area contributed by atoms with Crippen LogP contribution in [-0.4, -0.2) is 26.4 Å². The van der Waals surface area contributed by atoms with Gasteiger partial charge in [0.2, 0.25) is 5.91 Å². The fourth-order valence-electron chi connectivity index (χ4n) is 3.36. The molecule has 0 spiro atoms. The van der Waals surface area contributed by atoms with Crippen LogP contribution in [0.25, 0.3) is 0 Å². The molecule has 1 saturated carbocycles. The lowest BCUT2D eigenvalue weighted by Crippen LogP contribution is -2.15. The van der Waals surface area contributed by atoms with Crippen molar-refractivity contribution in [3.63, 3.8) is 0 Å². The Kier molecular flexibility index (Phi) is 6.59. The summed E-state index contributed by atoms with van der Waals surface area (Å²) in [4.78, 5) is 12.3. The van der Waals surface area contributed by atoms with Crippen molar-refractivity contribution in [3.8, 4) is 0 Å². The Bertz CT molecular complexity index is 771. The van der Waals surface area contributed by atoms with Gasteiger partial charge in [-0.2, -0.15) is 0 Å². The largest absolute Gasteiger partial charge is 0.325 e. The Labute approximate surface area is 163 Å². The number of thioether (sulfide) groups is 1. The van der Waals surface area contributed by atoms with Crippen LogP contribution in [0.15, 0.2) is 23.4 Å². The van der Waals surface area contributed by atoms with E-state index in [2.05, 4.69) is 27.0 Å². The molecule has 1 aliphatic carbocycles. The maximum atomic E-state index is 12.3. The van der Waals surface area contributed by atoms with E-state index in [-0.39, 0.29) is 5.91 Å². The van der Waals surface area contributed by atoms with Gasteiger partial charge in [0.15, 0.2) is 5.16 Å². The van der Waals surface area contributed by atoms with Crippen LogP contribution in [0.1, 0.15) is 56.3 Å². The normalized spacial score (nSPS) is 15.2. The van der Waals surface area contributed by atoms with Crippen molar-refractivity contribution in [2.45, 2.75) is 63.6 Å². The Balaban J connectivity index is 1.61. The number of aromatic nitrogens is 3. The van der Waals surface area contributed by atoms with Gasteiger partial charge in [-0.15, -0.1) is 10.2 Å². The molecule has 1 heterocycles. The molecule has 1 aromatic heterocycles. The van der Waals surface area contributed by atoms with Gasteiger partial charge < -0.3 is 9.88 Å². The van der Waals surface area contributed by atoms with E-state index >= 15 is 0 Å². The lowest BCUT2D eigenvalue weighted by molar-refractivity contribution is -0.113. The molecule has 2 aromatic rings. The minimum Gasteiger partial charge on any atom is -0.325 e. The summed E-state index contributed by atoms with van der Waals surface area (Å²) >= 11 is 7.54. The monoisotopic (exact) mass is 392 g/mol. The average Bonchev–Trinajstić information content (AvgIpc) is 3.07. The molecule has 0 bridgehead atoms. The number of carbonyl (C=O) groups excluding carboxylic acids is 1. The molecule has 5 nitrogen and oxygen atoms in total. The van der Waals surface area contributed by atoms with Crippen molar-refractivity contribution < 1.29 is 4.79 Å². The van der Waals surface area contributed by atoms with Crippen molar-refractivity contribution in [1.82, 2.24) is 14.8 Å². The molecule has 0 radical (unpaired) electrons. The molecule has 1 aliphatic rings. The number of anilines is 1. The van der Waals surface area contributed by atoms with Crippen molar-refractivity contribution >= 4 is 35.0 Å². The van der Waals surface area contributed by atoms with Gasteiger partial charge >= 0.3 is 0 Å². The van der Waals surface area contributed by atoms with Crippen LogP contribution >= 0.6 is 23.4 Å². The molecule has 0 saturated heterocycles. The maximum Gasteiger partial charge on any atom is 0.234 e. The molecule has 1 amide bonds. The summed E-state index contributed by atoms with van der Waals surface area (Å²) in [5.74, 6) is 1.82. The molecular formula is C19H25ClN4OS. The number of aryl methyl sites for hydroxylation is 1. The molecule has 26 heavy (non-hydrogen) atoms. The van der Waals surface area contributed by atoms with Crippen molar-refractivity contribution in [1.29, 1.82) is 0 Å². The number of amides is 1. The minimum absolute atomic E-state index is 0.0696. The van der Waals surface area contributed by atoms with Crippen molar-refractivity contribution in [3.05, 3.63) is 34.6 Å². The van der Waals surface area contributed by atoms with Gasteiger partial charge in [-0.25, -0.2) is 0 Å². The third-order valence-corrected chi connectivity index (χ3v) is 6.19. The molecule has 3 rings (SSSR count). The van der Waals surface area contributed by atoms with Gasteiger partial charge in [0.25, 0.3) is 0 Å². The summed E-state index contributed by atoms with van der Waals surface area (Å²) in [7, 11) is 0. The van der Waals surface area contributed by atoms with Crippen LogP contribution in [0.5, 0.6) is 0 Å². The number of halogens is 1. The quantitative estimate of drug-likeness (QED) is 0.699. The number of rotatable bonds is 6. The second-order valence-corrected chi connectivity index (χ2v) is 8.07. The molecule has 7 heteroatoms. The van der Waals surface area contributed by atoms with E-state index in [0.717, 1.165) is 23.1 Å². The smallest absolute Gasteiger partial charge is 0.234 e.